The van der Waals surface area contributed by atoms with Gasteiger partial charge in [-0.1, -0.05) is 39.0 Å². The van der Waals surface area contributed by atoms with Crippen LogP contribution in [0.3, 0.4) is 0 Å². The highest BCUT2D eigenvalue weighted by Gasteiger charge is 2.17. The van der Waals surface area contributed by atoms with Gasteiger partial charge >= 0.3 is 5.97 Å². The molecule has 5 heteroatoms. The predicted octanol–water partition coefficient (Wildman–Crippen LogP) is 3.38. The van der Waals surface area contributed by atoms with Gasteiger partial charge in [-0.2, -0.15) is 0 Å². The molecule has 0 saturated carbocycles. The van der Waals surface area contributed by atoms with Gasteiger partial charge in [-0.15, -0.1) is 0 Å². The summed E-state index contributed by atoms with van der Waals surface area (Å²) in [6, 6.07) is 3.56. The quantitative estimate of drug-likeness (QED) is 0.503. The van der Waals surface area contributed by atoms with Crippen molar-refractivity contribution < 1.29 is 14.3 Å². The van der Waals surface area contributed by atoms with Crippen LogP contribution < -0.4 is 0 Å². The fourth-order valence-corrected chi connectivity index (χ4v) is 2.36. The van der Waals surface area contributed by atoms with Crippen LogP contribution in [0.1, 0.15) is 62.4 Å². The van der Waals surface area contributed by atoms with Crippen LogP contribution in [0.15, 0.2) is 18.3 Å². The van der Waals surface area contributed by atoms with Gasteiger partial charge in [0.25, 0.3) is 5.91 Å². The lowest BCUT2D eigenvalue weighted by atomic mass is 10.1. The molecule has 1 rings (SSSR count). The summed E-state index contributed by atoms with van der Waals surface area (Å²) in [5.74, 6) is -0.338. The van der Waals surface area contributed by atoms with Crippen LogP contribution in [0.25, 0.3) is 0 Å². The van der Waals surface area contributed by atoms with Crippen molar-refractivity contribution in [2.45, 2.75) is 51.9 Å². The second kappa shape index (κ2) is 10.9. The van der Waals surface area contributed by atoms with Gasteiger partial charge in [0, 0.05) is 19.3 Å². The number of esters is 1. The summed E-state index contributed by atoms with van der Waals surface area (Å²) in [6.07, 6.45) is 9.02. The molecule has 0 fully saturated rings. The number of carbonyl (C=O) groups is 2. The van der Waals surface area contributed by atoms with E-state index in [1.807, 2.05) is 0 Å². The van der Waals surface area contributed by atoms with E-state index in [2.05, 4.69) is 16.6 Å². The number of nitrogens with one attached hydrogen (secondary N) is 1. The molecule has 0 aliphatic rings. The average molecular weight is 308 g/mol. The van der Waals surface area contributed by atoms with E-state index < -0.39 is 0 Å². The number of amides is 1. The molecule has 124 valence electrons. The number of H-pyrrole nitrogens is 1. The fourth-order valence-electron chi connectivity index (χ4n) is 2.36. The number of ether oxygens (including phenoxy) is 1. The van der Waals surface area contributed by atoms with Gasteiger partial charge in [0.2, 0.25) is 0 Å². The molecule has 1 aromatic rings. The van der Waals surface area contributed by atoms with Crippen molar-refractivity contribution in [1.29, 1.82) is 0 Å². The zero-order valence-corrected chi connectivity index (χ0v) is 13.8. The van der Waals surface area contributed by atoms with E-state index in [1.54, 1.807) is 23.2 Å². The van der Waals surface area contributed by atoms with Crippen LogP contribution in [0.2, 0.25) is 0 Å². The van der Waals surface area contributed by atoms with Crippen LogP contribution in [0.5, 0.6) is 0 Å². The summed E-state index contributed by atoms with van der Waals surface area (Å²) in [7, 11) is 1.37. The number of methoxy groups -OCH3 is 1. The first-order valence-corrected chi connectivity index (χ1v) is 8.18. The lowest BCUT2D eigenvalue weighted by molar-refractivity contribution is -0.140. The third-order valence-electron chi connectivity index (χ3n) is 3.71. The molecule has 0 aliphatic carbocycles. The van der Waals surface area contributed by atoms with Gasteiger partial charge in [-0.05, 0) is 18.6 Å². The number of hydrogen-bond donors (Lipinski definition) is 1. The standard InChI is InChI=1S/C17H28N2O3/c1-3-4-5-6-7-8-13-19(14-11-16(20)22-2)17(21)15-10-9-12-18-15/h9-10,12,18H,3-8,11,13-14H2,1-2H3. The Morgan fingerprint density at radius 3 is 2.50 bits per heavy atom. The van der Waals surface area contributed by atoms with Crippen LogP contribution in [0, 0.1) is 0 Å². The van der Waals surface area contributed by atoms with E-state index in [1.165, 1.54) is 32.8 Å². The van der Waals surface area contributed by atoms with E-state index in [4.69, 9.17) is 0 Å². The average Bonchev–Trinajstić information content (AvgIpc) is 3.06. The summed E-state index contributed by atoms with van der Waals surface area (Å²) in [4.78, 5) is 28.4. The van der Waals surface area contributed by atoms with Crippen LogP contribution in [-0.4, -0.2) is 42.0 Å². The highest BCUT2D eigenvalue weighted by Crippen LogP contribution is 2.09. The van der Waals surface area contributed by atoms with Gasteiger partial charge in [-0.25, -0.2) is 0 Å². The molecule has 0 aromatic carbocycles. The van der Waals surface area contributed by atoms with E-state index in [9.17, 15) is 9.59 Å². The normalized spacial score (nSPS) is 10.5. The Morgan fingerprint density at radius 2 is 1.86 bits per heavy atom. The van der Waals surface area contributed by atoms with E-state index >= 15 is 0 Å². The number of unbranched alkanes of at least 4 members (excludes halogenated alkanes) is 5. The Hall–Kier alpha value is -1.78. The van der Waals surface area contributed by atoms with Crippen molar-refractivity contribution in [3.8, 4) is 0 Å². The Morgan fingerprint density at radius 1 is 1.14 bits per heavy atom. The number of rotatable bonds is 11. The molecule has 1 N–H and O–H groups in total. The number of aromatic nitrogens is 1. The highest BCUT2D eigenvalue weighted by atomic mass is 16.5. The molecule has 0 spiro atoms. The van der Waals surface area contributed by atoms with E-state index in [0.717, 1.165) is 12.8 Å². The van der Waals surface area contributed by atoms with Gasteiger partial charge in [-0.3, -0.25) is 9.59 Å². The largest absolute Gasteiger partial charge is 0.469 e. The number of aromatic amines is 1. The number of hydrogen-bond acceptors (Lipinski definition) is 3. The second-order valence-electron chi connectivity index (χ2n) is 5.47. The van der Waals surface area contributed by atoms with Crippen molar-refractivity contribution in [1.82, 2.24) is 9.88 Å². The van der Waals surface area contributed by atoms with E-state index in [0.29, 0.717) is 18.8 Å². The predicted molar refractivity (Wildman–Crippen MR) is 86.7 cm³/mol. The lowest BCUT2D eigenvalue weighted by Gasteiger charge is -2.21. The summed E-state index contributed by atoms with van der Waals surface area (Å²) in [6.45, 7) is 3.28. The van der Waals surface area contributed by atoms with Crippen LogP contribution >= 0.6 is 0 Å². The maximum absolute atomic E-state index is 12.4. The van der Waals surface area contributed by atoms with E-state index in [-0.39, 0.29) is 18.3 Å². The molecule has 5 nitrogen and oxygen atoms in total. The smallest absolute Gasteiger partial charge is 0.307 e. The Kier molecular flexibility index (Phi) is 9.03. The first-order valence-electron chi connectivity index (χ1n) is 8.18. The fraction of sp³-hybridized carbons (Fsp3) is 0.647. The monoisotopic (exact) mass is 308 g/mol. The van der Waals surface area contributed by atoms with Gasteiger partial charge < -0.3 is 14.6 Å². The maximum Gasteiger partial charge on any atom is 0.307 e. The zero-order chi connectivity index (χ0) is 16.2. The molecular formula is C17H28N2O3. The topological polar surface area (TPSA) is 62.4 Å². The van der Waals surface area contributed by atoms with Gasteiger partial charge in [0.1, 0.15) is 5.69 Å². The summed E-state index contributed by atoms with van der Waals surface area (Å²) < 4.78 is 4.66. The molecule has 1 aromatic heterocycles. The van der Waals surface area contributed by atoms with Crippen molar-refractivity contribution >= 4 is 11.9 Å². The molecule has 0 unspecified atom stereocenters. The van der Waals surface area contributed by atoms with Crippen molar-refractivity contribution in [2.24, 2.45) is 0 Å². The van der Waals surface area contributed by atoms with Crippen molar-refractivity contribution in [2.75, 3.05) is 20.2 Å². The Balaban J connectivity index is 2.43. The minimum Gasteiger partial charge on any atom is -0.469 e. The Bertz CT molecular complexity index is 429. The lowest BCUT2D eigenvalue weighted by Crippen LogP contribution is -2.34. The Labute approximate surface area is 133 Å². The highest BCUT2D eigenvalue weighted by molar-refractivity contribution is 5.92. The minimum absolute atomic E-state index is 0.0533. The minimum atomic E-state index is -0.285. The third kappa shape index (κ3) is 6.78. The molecule has 1 amide bonds. The summed E-state index contributed by atoms with van der Waals surface area (Å²) in [5, 5.41) is 0. The first-order chi connectivity index (χ1) is 10.7. The molecule has 1 heterocycles. The van der Waals surface area contributed by atoms with Gasteiger partial charge in [0.15, 0.2) is 0 Å². The van der Waals surface area contributed by atoms with Crippen LogP contribution in [0.4, 0.5) is 0 Å². The first kappa shape index (κ1) is 18.3. The SMILES string of the molecule is CCCCCCCCN(CCC(=O)OC)C(=O)c1ccc[nH]1. The third-order valence-corrected chi connectivity index (χ3v) is 3.71. The number of carbonyl (C=O) groups excluding carboxylic acids is 2. The molecule has 0 aliphatic heterocycles. The summed E-state index contributed by atoms with van der Waals surface area (Å²) >= 11 is 0. The molecule has 0 bridgehead atoms. The van der Waals surface area contributed by atoms with Crippen molar-refractivity contribution in [3.63, 3.8) is 0 Å². The molecule has 0 radical (unpaired) electrons. The van der Waals surface area contributed by atoms with Crippen molar-refractivity contribution in [3.05, 3.63) is 24.0 Å². The molecular weight excluding hydrogens is 280 g/mol. The molecule has 22 heavy (non-hydrogen) atoms. The second-order valence-corrected chi connectivity index (χ2v) is 5.47. The molecule has 0 atom stereocenters. The summed E-state index contributed by atoms with van der Waals surface area (Å²) in [5.41, 5.74) is 0.566. The molecule has 0 saturated heterocycles. The number of nitrogens with zero attached hydrogens (tertiary/aromatic N) is 1. The zero-order valence-electron chi connectivity index (χ0n) is 13.8. The van der Waals surface area contributed by atoms with Crippen LogP contribution in [-0.2, 0) is 9.53 Å². The maximum atomic E-state index is 12.4. The van der Waals surface area contributed by atoms with Gasteiger partial charge in [0.05, 0.1) is 13.5 Å².